The molecule has 0 unspecified atom stereocenters. The quantitative estimate of drug-likeness (QED) is 0.474. The molecule has 0 spiro atoms. The van der Waals surface area contributed by atoms with Crippen LogP contribution in [0.2, 0.25) is 0 Å². The molecule has 2 heteroatoms. The van der Waals surface area contributed by atoms with E-state index in [2.05, 4.69) is 0 Å². The number of nitrogens with one attached hydrogen (secondary N) is 1. The summed E-state index contributed by atoms with van der Waals surface area (Å²) in [6.45, 7) is 0. The highest BCUT2D eigenvalue weighted by atomic mass is 14.6. The number of hydrogen-bond acceptors (Lipinski definition) is 2. The molecule has 0 aromatic heterocycles. The first-order valence-electron chi connectivity index (χ1n) is 2.52. The molecule has 0 saturated heterocycles. The molecule has 0 aromatic carbocycles. The fourth-order valence-electron chi connectivity index (χ4n) is 0.587. The molecular formula is C6H8N2. The van der Waals surface area contributed by atoms with Crippen LogP contribution in [0.5, 0.6) is 0 Å². The zero-order valence-corrected chi connectivity index (χ0v) is 4.52. The van der Waals surface area contributed by atoms with Gasteiger partial charge in [-0.2, -0.15) is 0 Å². The maximum Gasteiger partial charge on any atom is 0.0762 e. The third-order valence-electron chi connectivity index (χ3n) is 1.07. The summed E-state index contributed by atoms with van der Waals surface area (Å²) < 4.78 is 0. The van der Waals surface area contributed by atoms with Gasteiger partial charge in [0.25, 0.3) is 0 Å². The second-order valence-corrected chi connectivity index (χ2v) is 1.71. The maximum atomic E-state index is 7.11. The Morgan fingerprint density at radius 2 is 2.38 bits per heavy atom. The molecule has 3 N–H and O–H groups in total. The summed E-state index contributed by atoms with van der Waals surface area (Å²) in [5.74, 6) is 0. The Kier molecular flexibility index (Phi) is 1.16. The van der Waals surface area contributed by atoms with Crippen LogP contribution >= 0.6 is 0 Å². The summed E-state index contributed by atoms with van der Waals surface area (Å²) in [5.41, 5.74) is 6.38. The van der Waals surface area contributed by atoms with Crippen LogP contribution in [-0.4, -0.2) is 5.71 Å². The van der Waals surface area contributed by atoms with Crippen LogP contribution in [0, 0.1) is 5.41 Å². The van der Waals surface area contributed by atoms with Crippen LogP contribution in [0.3, 0.4) is 0 Å². The van der Waals surface area contributed by atoms with Crippen molar-refractivity contribution in [3.05, 3.63) is 23.9 Å². The van der Waals surface area contributed by atoms with Gasteiger partial charge in [-0.1, -0.05) is 12.2 Å². The molecule has 42 valence electrons. The predicted molar refractivity (Wildman–Crippen MR) is 33.8 cm³/mol. The van der Waals surface area contributed by atoms with Gasteiger partial charge in [0, 0.05) is 0 Å². The molecule has 0 saturated carbocycles. The second-order valence-electron chi connectivity index (χ2n) is 1.71. The first-order chi connectivity index (χ1) is 3.80. The summed E-state index contributed by atoms with van der Waals surface area (Å²) in [7, 11) is 0. The number of rotatable bonds is 0. The van der Waals surface area contributed by atoms with Gasteiger partial charge in [-0.15, -0.1) is 0 Å². The Morgan fingerprint density at radius 1 is 1.62 bits per heavy atom. The van der Waals surface area contributed by atoms with Gasteiger partial charge in [-0.05, 0) is 12.5 Å². The molecule has 0 fully saturated rings. The molecule has 8 heavy (non-hydrogen) atoms. The summed E-state index contributed by atoms with van der Waals surface area (Å²) in [6, 6.07) is 0. The van der Waals surface area contributed by atoms with Crippen LogP contribution in [-0.2, 0) is 0 Å². The lowest BCUT2D eigenvalue weighted by atomic mass is 10.1. The second kappa shape index (κ2) is 1.82. The molecule has 2 nitrogen and oxygen atoms in total. The number of hydrogen-bond donors (Lipinski definition) is 2. The first-order valence-corrected chi connectivity index (χ1v) is 2.52. The fraction of sp³-hybridized carbons (Fsp3) is 0.167. The minimum Gasteiger partial charge on any atom is -0.397 e. The average Bonchev–Trinajstić information content (AvgIpc) is 1.77. The largest absolute Gasteiger partial charge is 0.397 e. The molecule has 0 heterocycles. The Labute approximate surface area is 48.2 Å². The van der Waals surface area contributed by atoms with Gasteiger partial charge in [-0.25, -0.2) is 0 Å². The van der Waals surface area contributed by atoms with Crippen molar-refractivity contribution in [3.63, 3.8) is 0 Å². The van der Waals surface area contributed by atoms with E-state index in [4.69, 9.17) is 11.1 Å². The van der Waals surface area contributed by atoms with E-state index in [0.29, 0.717) is 11.4 Å². The van der Waals surface area contributed by atoms with Crippen molar-refractivity contribution >= 4 is 5.71 Å². The summed E-state index contributed by atoms with van der Waals surface area (Å²) in [4.78, 5) is 0. The van der Waals surface area contributed by atoms with Gasteiger partial charge in [-0.3, -0.25) is 5.41 Å². The third kappa shape index (κ3) is 0.780. The molecule has 0 atom stereocenters. The van der Waals surface area contributed by atoms with Crippen molar-refractivity contribution < 1.29 is 0 Å². The van der Waals surface area contributed by atoms with E-state index < -0.39 is 0 Å². The van der Waals surface area contributed by atoms with Crippen LogP contribution in [0.4, 0.5) is 0 Å². The average molecular weight is 108 g/mol. The maximum absolute atomic E-state index is 7.11. The van der Waals surface area contributed by atoms with Gasteiger partial charge < -0.3 is 5.73 Å². The van der Waals surface area contributed by atoms with E-state index in [1.807, 2.05) is 12.2 Å². The summed E-state index contributed by atoms with van der Waals surface area (Å²) in [5, 5.41) is 7.11. The van der Waals surface area contributed by atoms with Crippen LogP contribution in [0.1, 0.15) is 6.42 Å². The smallest absolute Gasteiger partial charge is 0.0762 e. The molecule has 0 radical (unpaired) electrons. The summed E-state index contributed by atoms with van der Waals surface area (Å²) >= 11 is 0. The van der Waals surface area contributed by atoms with Crippen molar-refractivity contribution in [2.75, 3.05) is 0 Å². The molecule has 1 aliphatic carbocycles. The monoisotopic (exact) mass is 108 g/mol. The Hall–Kier alpha value is -1.05. The molecule has 1 rings (SSSR count). The molecule has 1 aliphatic rings. The van der Waals surface area contributed by atoms with Gasteiger partial charge >= 0.3 is 0 Å². The minimum absolute atomic E-state index is 0.427. The number of nitrogens with two attached hydrogens (primary N) is 1. The molecule has 0 bridgehead atoms. The predicted octanol–water partition coefficient (Wildman–Crippen LogP) is 0.809. The fourth-order valence-corrected chi connectivity index (χ4v) is 0.587. The number of allylic oxidation sites excluding steroid dienone is 3. The summed E-state index contributed by atoms with van der Waals surface area (Å²) in [6.07, 6.45) is 6.34. The van der Waals surface area contributed by atoms with Crippen molar-refractivity contribution in [3.8, 4) is 0 Å². The highest BCUT2D eigenvalue weighted by Crippen LogP contribution is 2.00. The third-order valence-corrected chi connectivity index (χ3v) is 1.07. The Morgan fingerprint density at radius 3 is 2.75 bits per heavy atom. The standard InChI is InChI=1S/C6H8N2/c7-5-3-1-2-4-6(5)8/h1,3-4,7H,2,8H2. The van der Waals surface area contributed by atoms with Crippen molar-refractivity contribution in [2.45, 2.75) is 6.42 Å². The van der Waals surface area contributed by atoms with Gasteiger partial charge in [0.05, 0.1) is 11.4 Å². The topological polar surface area (TPSA) is 49.9 Å². The lowest BCUT2D eigenvalue weighted by molar-refractivity contribution is 1.28. The zero-order chi connectivity index (χ0) is 5.98. The molecule has 0 aliphatic heterocycles. The van der Waals surface area contributed by atoms with E-state index in [0.717, 1.165) is 6.42 Å². The van der Waals surface area contributed by atoms with Crippen LogP contribution < -0.4 is 5.73 Å². The van der Waals surface area contributed by atoms with E-state index in [9.17, 15) is 0 Å². The van der Waals surface area contributed by atoms with E-state index >= 15 is 0 Å². The van der Waals surface area contributed by atoms with Crippen molar-refractivity contribution in [1.29, 1.82) is 5.41 Å². The lowest BCUT2D eigenvalue weighted by Gasteiger charge is -2.00. The molecule has 0 aromatic rings. The molecule has 0 amide bonds. The molecular weight excluding hydrogens is 100 g/mol. The minimum atomic E-state index is 0.427. The van der Waals surface area contributed by atoms with Crippen molar-refractivity contribution in [2.24, 2.45) is 5.73 Å². The normalized spacial score (nSPS) is 18.5. The van der Waals surface area contributed by atoms with Crippen molar-refractivity contribution in [1.82, 2.24) is 0 Å². The Balaban J connectivity index is 2.78. The van der Waals surface area contributed by atoms with Crippen LogP contribution in [0.15, 0.2) is 23.9 Å². The van der Waals surface area contributed by atoms with E-state index in [1.54, 1.807) is 6.08 Å². The van der Waals surface area contributed by atoms with Crippen LogP contribution in [0.25, 0.3) is 0 Å². The zero-order valence-electron chi connectivity index (χ0n) is 4.52. The first kappa shape index (κ1) is 5.09. The highest BCUT2D eigenvalue weighted by molar-refractivity contribution is 6.06. The highest BCUT2D eigenvalue weighted by Gasteiger charge is 1.96. The lowest BCUT2D eigenvalue weighted by Crippen LogP contribution is -2.09. The van der Waals surface area contributed by atoms with E-state index in [-0.39, 0.29) is 0 Å². The van der Waals surface area contributed by atoms with Gasteiger partial charge in [0.1, 0.15) is 0 Å². The SMILES string of the molecule is N=C1C=CCC=C1N. The Bertz CT molecular complexity index is 165. The van der Waals surface area contributed by atoms with Gasteiger partial charge in [0.15, 0.2) is 0 Å². The van der Waals surface area contributed by atoms with Gasteiger partial charge in [0.2, 0.25) is 0 Å². The van der Waals surface area contributed by atoms with E-state index in [1.165, 1.54) is 0 Å².